The van der Waals surface area contributed by atoms with Crippen LogP contribution in [0.4, 0.5) is 23.1 Å². The van der Waals surface area contributed by atoms with Crippen LogP contribution in [-0.2, 0) is 4.74 Å². The van der Waals surface area contributed by atoms with E-state index in [1.54, 1.807) is 24.3 Å². The van der Waals surface area contributed by atoms with Gasteiger partial charge in [-0.3, -0.25) is 5.41 Å². The summed E-state index contributed by atoms with van der Waals surface area (Å²) in [6.45, 7) is 2.71. The van der Waals surface area contributed by atoms with E-state index in [1.807, 2.05) is 24.3 Å². The molecule has 2 aromatic carbocycles. The largest absolute Gasteiger partial charge is 0.508 e. The van der Waals surface area contributed by atoms with Crippen molar-refractivity contribution >= 4 is 29.4 Å². The van der Waals surface area contributed by atoms with E-state index < -0.39 is 0 Å². The maximum atomic E-state index is 9.87. The molecule has 0 bridgehead atoms. The summed E-state index contributed by atoms with van der Waals surface area (Å²) < 4.78 is 5.44. The second-order valence-corrected chi connectivity index (χ2v) is 6.72. The number of anilines is 4. The molecule has 0 radical (unpaired) electrons. The van der Waals surface area contributed by atoms with Gasteiger partial charge in [0.05, 0.1) is 24.5 Å². The van der Waals surface area contributed by atoms with E-state index in [9.17, 15) is 5.11 Å². The highest BCUT2D eigenvalue weighted by Gasteiger charge is 2.17. The molecule has 0 atom stereocenters. The number of phenols is 1. The van der Waals surface area contributed by atoms with Gasteiger partial charge in [0.25, 0.3) is 0 Å². The third-order valence-electron chi connectivity index (χ3n) is 4.69. The molecule has 4 rings (SSSR count). The first-order valence-corrected chi connectivity index (χ1v) is 9.35. The predicted molar refractivity (Wildman–Crippen MR) is 113 cm³/mol. The van der Waals surface area contributed by atoms with Crippen molar-refractivity contribution in [2.75, 3.05) is 42.3 Å². The van der Waals surface area contributed by atoms with E-state index in [-0.39, 0.29) is 5.75 Å². The maximum Gasteiger partial charge on any atom is 0.228 e. The van der Waals surface area contributed by atoms with Crippen LogP contribution < -0.4 is 21.4 Å². The van der Waals surface area contributed by atoms with Crippen LogP contribution in [0.3, 0.4) is 0 Å². The molecule has 8 nitrogen and oxygen atoms in total. The Balaban J connectivity index is 1.73. The zero-order valence-corrected chi connectivity index (χ0v) is 15.9. The summed E-state index contributed by atoms with van der Waals surface area (Å²) in [5.74, 6) is 1.43. The average Bonchev–Trinajstić information content (AvgIpc) is 2.75. The summed E-state index contributed by atoms with van der Waals surface area (Å²) in [4.78, 5) is 11.5. The zero-order valence-electron chi connectivity index (χ0n) is 15.9. The van der Waals surface area contributed by atoms with Crippen molar-refractivity contribution in [2.45, 2.75) is 0 Å². The molecule has 0 spiro atoms. The summed E-state index contributed by atoms with van der Waals surface area (Å²) in [5, 5.41) is 18.8. The summed E-state index contributed by atoms with van der Waals surface area (Å²) >= 11 is 0. The van der Waals surface area contributed by atoms with Crippen LogP contribution in [0.2, 0.25) is 0 Å². The lowest BCUT2D eigenvalue weighted by Crippen LogP contribution is -2.37. The predicted octanol–water partition coefficient (Wildman–Crippen LogP) is 1.19. The molecule has 0 unspecified atom stereocenters. The summed E-state index contributed by atoms with van der Waals surface area (Å²) in [6.07, 6.45) is 1.47. The monoisotopic (exact) mass is 391 g/mol. The Hall–Kier alpha value is -3.65. The van der Waals surface area contributed by atoms with Gasteiger partial charge in [-0.1, -0.05) is 12.1 Å². The standard InChI is InChI=1S/C21H22N6O2/c22-13-15-10-16(4-5-18(15)23)24-20-12-19(14-2-1-3-17(28)11-14)25-21(26-20)27-6-8-29-9-7-27/h1-5,10-13,22,28H,6-9,23H2,(H,24,25,26)/p+1. The van der Waals surface area contributed by atoms with E-state index >= 15 is 0 Å². The molecule has 8 heteroatoms. The molecule has 148 valence electrons. The number of nitrogens with zero attached hydrogens (tertiary/aromatic N) is 3. The van der Waals surface area contributed by atoms with E-state index in [0.717, 1.165) is 29.9 Å². The topological polar surface area (TPSA) is 122 Å². The maximum absolute atomic E-state index is 9.87. The normalized spacial score (nSPS) is 13.9. The van der Waals surface area contributed by atoms with Crippen LogP contribution in [0.1, 0.15) is 5.56 Å². The van der Waals surface area contributed by atoms with Gasteiger partial charge in [0.2, 0.25) is 5.95 Å². The quantitative estimate of drug-likeness (QED) is 0.381. The Morgan fingerprint density at radius 2 is 1.93 bits per heavy atom. The summed E-state index contributed by atoms with van der Waals surface area (Å²) in [7, 11) is 0. The first-order valence-electron chi connectivity index (χ1n) is 9.35. The van der Waals surface area contributed by atoms with Gasteiger partial charge < -0.3 is 25.8 Å². The molecular weight excluding hydrogens is 368 g/mol. The van der Waals surface area contributed by atoms with Gasteiger partial charge in [-0.25, -0.2) is 4.98 Å². The minimum atomic E-state index is 0.185. The molecule has 1 aromatic heterocycles. The fourth-order valence-corrected chi connectivity index (χ4v) is 3.16. The molecule has 0 amide bonds. The van der Waals surface area contributed by atoms with E-state index in [2.05, 4.69) is 10.2 Å². The number of nitrogen functional groups attached to an aromatic ring is 1. The summed E-state index contributed by atoms with van der Waals surface area (Å²) in [6, 6.07) is 14.4. The van der Waals surface area contributed by atoms with Gasteiger partial charge in [0.1, 0.15) is 11.6 Å². The van der Waals surface area contributed by atoms with Crippen LogP contribution >= 0.6 is 0 Å². The van der Waals surface area contributed by atoms with Gasteiger partial charge in [-0.2, -0.15) is 4.98 Å². The van der Waals surface area contributed by atoms with Gasteiger partial charge in [-0.05, 0) is 30.3 Å². The van der Waals surface area contributed by atoms with E-state index in [0.29, 0.717) is 36.4 Å². The van der Waals surface area contributed by atoms with Gasteiger partial charge >= 0.3 is 0 Å². The second-order valence-electron chi connectivity index (χ2n) is 6.72. The number of nitrogens with two attached hydrogens (primary N) is 2. The lowest BCUT2D eigenvalue weighted by molar-refractivity contribution is -0.104. The van der Waals surface area contributed by atoms with Crippen LogP contribution in [-0.4, -0.2) is 47.6 Å². The molecule has 3 aromatic rings. The molecule has 2 heterocycles. The second kappa shape index (κ2) is 8.15. The molecule has 1 saturated heterocycles. The highest BCUT2D eigenvalue weighted by molar-refractivity contribution is 5.85. The number of aromatic nitrogens is 2. The zero-order chi connectivity index (χ0) is 20.2. The first-order chi connectivity index (χ1) is 14.1. The molecule has 0 aliphatic carbocycles. The van der Waals surface area contributed by atoms with Crippen molar-refractivity contribution in [1.29, 1.82) is 0 Å². The lowest BCUT2D eigenvalue weighted by Gasteiger charge is -2.27. The Morgan fingerprint density at radius 1 is 1.10 bits per heavy atom. The number of morpholine rings is 1. The third kappa shape index (κ3) is 4.27. The van der Waals surface area contributed by atoms with Gasteiger partial charge in [-0.15, -0.1) is 0 Å². The first kappa shape index (κ1) is 18.7. The van der Waals surface area contributed by atoms with Crippen LogP contribution in [0.25, 0.3) is 11.3 Å². The van der Waals surface area contributed by atoms with Crippen LogP contribution in [0.15, 0.2) is 48.5 Å². The number of ether oxygens (including phenoxy) is 1. The Bertz CT molecular complexity index is 1030. The number of benzene rings is 2. The Kier molecular flexibility index (Phi) is 5.26. The van der Waals surface area contributed by atoms with E-state index in [1.165, 1.54) is 6.21 Å². The van der Waals surface area contributed by atoms with Crippen molar-refractivity contribution in [3.05, 3.63) is 54.1 Å². The number of hydrogen-bond donors (Lipinski definition) is 4. The Morgan fingerprint density at radius 3 is 2.69 bits per heavy atom. The van der Waals surface area contributed by atoms with Gasteiger partial charge in [0.15, 0.2) is 6.21 Å². The smallest absolute Gasteiger partial charge is 0.228 e. The number of hydrogen-bond acceptors (Lipinski definition) is 7. The fourth-order valence-electron chi connectivity index (χ4n) is 3.16. The third-order valence-corrected chi connectivity index (χ3v) is 4.69. The van der Waals surface area contributed by atoms with Crippen molar-refractivity contribution in [2.24, 2.45) is 0 Å². The minimum absolute atomic E-state index is 0.185. The van der Waals surface area contributed by atoms with Crippen LogP contribution in [0.5, 0.6) is 5.75 Å². The molecular formula is C21H23N6O2+. The molecule has 1 fully saturated rings. The number of phenolic OH excluding ortho intramolecular Hbond substituents is 1. The fraction of sp³-hybridized carbons (Fsp3) is 0.190. The number of rotatable bonds is 5. The molecule has 0 saturated carbocycles. The van der Waals surface area contributed by atoms with Crippen molar-refractivity contribution in [3.63, 3.8) is 0 Å². The van der Waals surface area contributed by atoms with Crippen LogP contribution in [0, 0.1) is 0 Å². The molecule has 1 aliphatic heterocycles. The van der Waals surface area contributed by atoms with Crippen molar-refractivity contribution in [3.8, 4) is 17.0 Å². The molecule has 1 aliphatic rings. The van der Waals surface area contributed by atoms with Crippen molar-refractivity contribution in [1.82, 2.24) is 9.97 Å². The highest BCUT2D eigenvalue weighted by Crippen LogP contribution is 2.28. The Labute approximate surface area is 168 Å². The van der Waals surface area contributed by atoms with Crippen molar-refractivity contribution < 1.29 is 15.3 Å². The van der Waals surface area contributed by atoms with E-state index in [4.69, 9.17) is 25.8 Å². The average molecular weight is 391 g/mol. The highest BCUT2D eigenvalue weighted by atomic mass is 16.5. The van der Waals surface area contributed by atoms with Gasteiger partial charge in [0, 0.05) is 36.1 Å². The molecule has 29 heavy (non-hydrogen) atoms. The number of nitrogens with one attached hydrogen (secondary N) is 1. The summed E-state index contributed by atoms with van der Waals surface area (Å²) in [5.41, 5.74) is 9.59. The minimum Gasteiger partial charge on any atom is -0.508 e. The SMILES string of the molecule is Nc1ccc(Nc2cc(-c3cccc(O)c3)nc(N3CCOCC3)n2)cc1C=[NH2+]. The lowest BCUT2D eigenvalue weighted by atomic mass is 10.1. The molecule has 6 N–H and O–H groups in total. The number of aromatic hydroxyl groups is 1.